The number of aryl methyl sites for hydroxylation is 2. The number of nitrogens with zero attached hydrogens (tertiary/aromatic N) is 3. The van der Waals surface area contributed by atoms with Crippen LogP contribution in [0.3, 0.4) is 0 Å². The minimum Gasteiger partial charge on any atom is -0.356 e. The van der Waals surface area contributed by atoms with Gasteiger partial charge in [-0.2, -0.15) is 0 Å². The van der Waals surface area contributed by atoms with E-state index in [1.807, 2.05) is 13.1 Å². The summed E-state index contributed by atoms with van der Waals surface area (Å²) >= 11 is 0. The summed E-state index contributed by atoms with van der Waals surface area (Å²) in [7, 11) is 0. The zero-order valence-corrected chi connectivity index (χ0v) is 7.54. The van der Waals surface area contributed by atoms with Crippen molar-refractivity contribution in [2.75, 3.05) is 18.0 Å². The second kappa shape index (κ2) is 2.73. The molecule has 1 aromatic heterocycles. The first-order valence-corrected chi connectivity index (χ1v) is 4.32. The van der Waals surface area contributed by atoms with E-state index in [1.165, 1.54) is 12.0 Å². The maximum atomic E-state index is 4.41. The van der Waals surface area contributed by atoms with Crippen molar-refractivity contribution in [2.45, 2.75) is 20.3 Å². The molecule has 1 aliphatic heterocycles. The zero-order valence-electron chi connectivity index (χ0n) is 7.54. The molecule has 1 saturated heterocycles. The van der Waals surface area contributed by atoms with Crippen LogP contribution in [0, 0.1) is 13.8 Å². The highest BCUT2D eigenvalue weighted by Crippen LogP contribution is 2.20. The molecule has 0 amide bonds. The van der Waals surface area contributed by atoms with Crippen molar-refractivity contribution in [3.05, 3.63) is 17.6 Å². The largest absolute Gasteiger partial charge is 0.356 e. The van der Waals surface area contributed by atoms with Gasteiger partial charge in [0.15, 0.2) is 0 Å². The molecule has 0 aliphatic carbocycles. The molecule has 0 aromatic carbocycles. The Morgan fingerprint density at radius 2 is 2.08 bits per heavy atom. The first-order chi connectivity index (χ1) is 5.77. The van der Waals surface area contributed by atoms with Gasteiger partial charge in [0.2, 0.25) is 0 Å². The molecule has 64 valence electrons. The number of rotatable bonds is 1. The van der Waals surface area contributed by atoms with Crippen LogP contribution < -0.4 is 4.90 Å². The number of aromatic nitrogens is 2. The highest BCUT2D eigenvalue weighted by Gasteiger charge is 2.17. The molecule has 2 rings (SSSR count). The summed E-state index contributed by atoms with van der Waals surface area (Å²) in [4.78, 5) is 10.8. The van der Waals surface area contributed by atoms with E-state index in [4.69, 9.17) is 0 Å². The van der Waals surface area contributed by atoms with E-state index < -0.39 is 0 Å². The van der Waals surface area contributed by atoms with Crippen LogP contribution in [0.4, 0.5) is 5.82 Å². The van der Waals surface area contributed by atoms with E-state index in [2.05, 4.69) is 21.8 Å². The third-order valence-corrected chi connectivity index (χ3v) is 2.22. The third kappa shape index (κ3) is 1.15. The lowest BCUT2D eigenvalue weighted by atomic mass is 10.2. The molecule has 1 aliphatic rings. The molecule has 0 saturated carbocycles. The van der Waals surface area contributed by atoms with Crippen molar-refractivity contribution >= 4 is 5.82 Å². The van der Waals surface area contributed by atoms with Crippen molar-refractivity contribution in [1.29, 1.82) is 0 Å². The lowest BCUT2D eigenvalue weighted by Gasteiger charge is -2.33. The normalized spacial score (nSPS) is 16.0. The second-order valence-electron chi connectivity index (χ2n) is 3.26. The highest BCUT2D eigenvalue weighted by atomic mass is 15.2. The van der Waals surface area contributed by atoms with E-state index in [0.29, 0.717) is 0 Å². The van der Waals surface area contributed by atoms with Gasteiger partial charge >= 0.3 is 0 Å². The molecular weight excluding hydrogens is 150 g/mol. The Labute approximate surface area is 72.4 Å². The van der Waals surface area contributed by atoms with Gasteiger partial charge in [-0.15, -0.1) is 0 Å². The Morgan fingerprint density at radius 1 is 1.33 bits per heavy atom. The van der Waals surface area contributed by atoms with Gasteiger partial charge in [0.25, 0.3) is 0 Å². The van der Waals surface area contributed by atoms with Crippen molar-refractivity contribution < 1.29 is 0 Å². The van der Waals surface area contributed by atoms with Crippen molar-refractivity contribution in [3.63, 3.8) is 0 Å². The van der Waals surface area contributed by atoms with Crippen molar-refractivity contribution in [2.24, 2.45) is 0 Å². The van der Waals surface area contributed by atoms with Crippen LogP contribution >= 0.6 is 0 Å². The fourth-order valence-electron chi connectivity index (χ4n) is 1.37. The average Bonchev–Trinajstić information content (AvgIpc) is 1.93. The fourth-order valence-corrected chi connectivity index (χ4v) is 1.37. The predicted octanol–water partition coefficient (Wildman–Crippen LogP) is 1.30. The minimum absolute atomic E-state index is 0.863. The van der Waals surface area contributed by atoms with Crippen LogP contribution in [0.5, 0.6) is 0 Å². The third-order valence-electron chi connectivity index (χ3n) is 2.22. The minimum atomic E-state index is 0.863. The number of hydrogen-bond donors (Lipinski definition) is 0. The molecule has 0 spiro atoms. The standard InChI is InChI=1S/C9H13N3/c1-7-6-10-8(2)11-9(7)12-4-3-5-12/h6H,3-5H2,1-2H3. The van der Waals surface area contributed by atoms with Gasteiger partial charge in [0.05, 0.1) is 0 Å². The molecule has 2 heterocycles. The summed E-state index contributed by atoms with van der Waals surface area (Å²) in [5.41, 5.74) is 1.18. The maximum Gasteiger partial charge on any atom is 0.135 e. The molecule has 1 fully saturated rings. The molecule has 3 nitrogen and oxygen atoms in total. The Hall–Kier alpha value is -1.12. The SMILES string of the molecule is Cc1ncc(C)c(N2CCC2)n1. The van der Waals surface area contributed by atoms with Gasteiger partial charge in [-0.25, -0.2) is 9.97 Å². The number of anilines is 1. The fraction of sp³-hybridized carbons (Fsp3) is 0.556. The smallest absolute Gasteiger partial charge is 0.135 e. The van der Waals surface area contributed by atoms with Gasteiger partial charge in [0.1, 0.15) is 11.6 Å². The van der Waals surface area contributed by atoms with E-state index in [-0.39, 0.29) is 0 Å². The Kier molecular flexibility index (Phi) is 1.71. The van der Waals surface area contributed by atoms with Crippen LogP contribution in [-0.2, 0) is 0 Å². The van der Waals surface area contributed by atoms with E-state index in [9.17, 15) is 0 Å². The predicted molar refractivity (Wildman–Crippen MR) is 48.3 cm³/mol. The molecule has 1 aromatic rings. The molecule has 0 unspecified atom stereocenters. The summed E-state index contributed by atoms with van der Waals surface area (Å²) in [6.07, 6.45) is 3.19. The summed E-state index contributed by atoms with van der Waals surface area (Å²) in [6, 6.07) is 0. The molecule has 12 heavy (non-hydrogen) atoms. The lowest BCUT2D eigenvalue weighted by Crippen LogP contribution is -2.38. The van der Waals surface area contributed by atoms with Gasteiger partial charge in [-0.3, -0.25) is 0 Å². The number of hydrogen-bond acceptors (Lipinski definition) is 3. The molecule has 0 bridgehead atoms. The molecule has 0 radical (unpaired) electrons. The summed E-state index contributed by atoms with van der Waals surface area (Å²) in [5.74, 6) is 1.98. The van der Waals surface area contributed by atoms with Gasteiger partial charge in [0, 0.05) is 24.8 Å². The molecular formula is C9H13N3. The summed E-state index contributed by atoms with van der Waals surface area (Å²) < 4.78 is 0. The Bertz CT molecular complexity index is 292. The van der Waals surface area contributed by atoms with Crippen LogP contribution in [0.1, 0.15) is 17.8 Å². The maximum absolute atomic E-state index is 4.41. The van der Waals surface area contributed by atoms with E-state index >= 15 is 0 Å². The lowest BCUT2D eigenvalue weighted by molar-refractivity contribution is 0.605. The second-order valence-corrected chi connectivity index (χ2v) is 3.26. The van der Waals surface area contributed by atoms with Crippen molar-refractivity contribution in [1.82, 2.24) is 9.97 Å². The monoisotopic (exact) mass is 163 g/mol. The quantitative estimate of drug-likeness (QED) is 0.625. The van der Waals surface area contributed by atoms with Crippen LogP contribution in [0.25, 0.3) is 0 Å². The van der Waals surface area contributed by atoms with Gasteiger partial charge in [-0.1, -0.05) is 0 Å². The first-order valence-electron chi connectivity index (χ1n) is 4.32. The average molecular weight is 163 g/mol. The highest BCUT2D eigenvalue weighted by molar-refractivity contribution is 5.46. The van der Waals surface area contributed by atoms with Crippen LogP contribution in [0.15, 0.2) is 6.20 Å². The first kappa shape index (κ1) is 7.53. The molecule has 3 heteroatoms. The van der Waals surface area contributed by atoms with Gasteiger partial charge < -0.3 is 4.90 Å². The summed E-state index contributed by atoms with van der Waals surface area (Å²) in [6.45, 7) is 6.30. The summed E-state index contributed by atoms with van der Waals surface area (Å²) in [5, 5.41) is 0. The zero-order chi connectivity index (χ0) is 8.55. The molecule has 0 N–H and O–H groups in total. The van der Waals surface area contributed by atoms with Gasteiger partial charge in [-0.05, 0) is 20.3 Å². The van der Waals surface area contributed by atoms with Crippen LogP contribution in [-0.4, -0.2) is 23.1 Å². The Morgan fingerprint density at radius 3 is 2.67 bits per heavy atom. The van der Waals surface area contributed by atoms with Crippen LogP contribution in [0.2, 0.25) is 0 Å². The molecule has 0 atom stereocenters. The van der Waals surface area contributed by atoms with Crippen molar-refractivity contribution in [3.8, 4) is 0 Å². The Balaban J connectivity index is 2.34. The van der Waals surface area contributed by atoms with E-state index in [1.54, 1.807) is 0 Å². The topological polar surface area (TPSA) is 29.0 Å². The van der Waals surface area contributed by atoms with E-state index in [0.717, 1.165) is 24.7 Å².